The lowest BCUT2D eigenvalue weighted by Crippen LogP contribution is -2.38. The maximum absolute atomic E-state index is 11.8. The minimum atomic E-state index is -3.96. The van der Waals surface area contributed by atoms with Gasteiger partial charge >= 0.3 is 4.14 Å². The van der Waals surface area contributed by atoms with Crippen molar-refractivity contribution in [3.63, 3.8) is 0 Å². The number of nitrogens with zero attached hydrogens (tertiary/aromatic N) is 1. The first-order valence-corrected chi connectivity index (χ1v) is 8.05. The molecule has 2 heterocycles. The molecule has 0 amide bonds. The number of aromatic nitrogens is 1. The van der Waals surface area contributed by atoms with Gasteiger partial charge in [-0.05, 0) is 6.07 Å². The van der Waals surface area contributed by atoms with Crippen LogP contribution in [0.3, 0.4) is 0 Å². The second-order valence-electron chi connectivity index (χ2n) is 3.45. The van der Waals surface area contributed by atoms with Gasteiger partial charge in [-0.3, -0.25) is 4.57 Å². The molecule has 0 bridgehead atoms. The molecule has 0 saturated heterocycles. The van der Waals surface area contributed by atoms with E-state index in [1.807, 2.05) is 24.3 Å². The average molecular weight is 285 g/mol. The van der Waals surface area contributed by atoms with Crippen LogP contribution in [0, 0.1) is 0 Å². The average Bonchev–Trinajstić information content (AvgIpc) is 2.87. The highest BCUT2D eigenvalue weighted by Gasteiger charge is 2.28. The van der Waals surface area contributed by atoms with Crippen LogP contribution < -0.4 is 14.7 Å². The molecule has 1 aromatic carbocycles. The first kappa shape index (κ1) is 11.3. The highest BCUT2D eigenvalue weighted by atomic mass is 32.2. The number of hydrogen-bond donors (Lipinski definition) is 0. The highest BCUT2D eigenvalue weighted by molar-refractivity contribution is 7.60. The Bertz CT molecular complexity index is 748. The lowest BCUT2D eigenvalue weighted by Gasteiger charge is -2.14. The molecule has 0 aliphatic rings. The number of thiazole rings is 2. The molecular weight excluding hydrogens is 277 g/mol. The first-order valence-electron chi connectivity index (χ1n) is 4.81. The molecule has 0 radical (unpaired) electrons. The monoisotopic (exact) mass is 285 g/mol. The fourth-order valence-corrected chi connectivity index (χ4v) is 5.25. The van der Waals surface area contributed by atoms with Gasteiger partial charge in [-0.2, -0.15) is 0 Å². The largest absolute Gasteiger partial charge is 0.771 e. The maximum Gasteiger partial charge on any atom is 0.326 e. The van der Waals surface area contributed by atoms with E-state index < -0.39 is 7.60 Å². The van der Waals surface area contributed by atoms with Crippen molar-refractivity contribution in [1.82, 2.24) is 0 Å². The van der Waals surface area contributed by atoms with E-state index in [1.54, 1.807) is 21.1 Å². The van der Waals surface area contributed by atoms with Crippen molar-refractivity contribution in [3.8, 4) is 0 Å². The number of rotatable bonds is 2. The third kappa shape index (κ3) is 1.64. The summed E-state index contributed by atoms with van der Waals surface area (Å²) >= 11 is 2.99. The zero-order chi connectivity index (χ0) is 12.0. The Morgan fingerprint density at radius 1 is 1.41 bits per heavy atom. The van der Waals surface area contributed by atoms with Gasteiger partial charge in [0.25, 0.3) is 5.44 Å². The van der Waals surface area contributed by atoms with Gasteiger partial charge in [0.1, 0.15) is 4.70 Å². The first-order chi connectivity index (χ1) is 8.13. The van der Waals surface area contributed by atoms with Crippen LogP contribution in [-0.4, -0.2) is 7.11 Å². The summed E-state index contributed by atoms with van der Waals surface area (Å²) in [5.41, 5.74) is 1.12. The molecular formula is C10H8NO3PS2. The molecule has 0 aliphatic carbocycles. The van der Waals surface area contributed by atoms with E-state index in [2.05, 4.69) is 4.52 Å². The van der Waals surface area contributed by atoms with Crippen LogP contribution in [0.4, 0.5) is 0 Å². The van der Waals surface area contributed by atoms with E-state index >= 15 is 0 Å². The van der Waals surface area contributed by atoms with Gasteiger partial charge in [-0.25, -0.2) is 0 Å². The normalized spacial score (nSPS) is 15.4. The Labute approximate surface area is 105 Å². The van der Waals surface area contributed by atoms with Crippen molar-refractivity contribution in [2.45, 2.75) is 0 Å². The molecule has 7 heteroatoms. The number of para-hydroxylation sites is 1. The van der Waals surface area contributed by atoms with E-state index in [9.17, 15) is 9.46 Å². The zero-order valence-corrected chi connectivity index (χ0v) is 11.3. The quantitative estimate of drug-likeness (QED) is 0.530. The van der Waals surface area contributed by atoms with Crippen LogP contribution in [0.2, 0.25) is 0 Å². The van der Waals surface area contributed by atoms with E-state index in [0.29, 0.717) is 0 Å². The lowest BCUT2D eigenvalue weighted by molar-refractivity contribution is -0.455. The third-order valence-electron chi connectivity index (χ3n) is 2.50. The molecule has 0 N–H and O–H groups in total. The van der Waals surface area contributed by atoms with Gasteiger partial charge in [0.15, 0.2) is 0 Å². The van der Waals surface area contributed by atoms with Gasteiger partial charge in [-0.15, -0.1) is 4.40 Å². The van der Waals surface area contributed by atoms with Crippen LogP contribution in [0.25, 0.3) is 14.4 Å². The molecule has 3 rings (SSSR count). The molecule has 0 spiro atoms. The fourth-order valence-electron chi connectivity index (χ4n) is 1.70. The number of hydrogen-bond acceptors (Lipinski definition) is 5. The standard InChI is InChI=1S/C10H8NO3PS2/c1-14-15(12,13)9-6-16-10-11(9)7-4-2-3-5-8(7)17-10/h2-6H,1H3. The lowest BCUT2D eigenvalue weighted by atomic mass is 10.3. The summed E-state index contributed by atoms with van der Waals surface area (Å²) in [6.45, 7) is 0. The Morgan fingerprint density at radius 3 is 2.94 bits per heavy atom. The van der Waals surface area contributed by atoms with E-state index in [-0.39, 0.29) is 5.44 Å². The predicted molar refractivity (Wildman–Crippen MR) is 67.1 cm³/mol. The molecule has 2 aromatic heterocycles. The topological polar surface area (TPSA) is 53.5 Å². The van der Waals surface area contributed by atoms with Crippen molar-refractivity contribution in [3.05, 3.63) is 29.6 Å². The molecule has 1 atom stereocenters. The summed E-state index contributed by atoms with van der Waals surface area (Å²) in [7, 11) is -2.78. The van der Waals surface area contributed by atoms with E-state index in [4.69, 9.17) is 0 Å². The minimum absolute atomic E-state index is 0.220. The van der Waals surface area contributed by atoms with Gasteiger partial charge in [0.05, 0.1) is 5.38 Å². The fraction of sp³-hybridized carbons (Fsp3) is 0.100. The molecule has 3 aromatic rings. The Hall–Kier alpha value is -0.780. The smallest absolute Gasteiger partial charge is 0.326 e. The molecule has 17 heavy (non-hydrogen) atoms. The SMILES string of the molecule is COP(=O)([O-])c1csc2sc3ccccc3[n+]12. The van der Waals surface area contributed by atoms with Crippen molar-refractivity contribution in [2.75, 3.05) is 7.11 Å². The molecule has 0 aliphatic heterocycles. The van der Waals surface area contributed by atoms with Crippen molar-refractivity contribution in [2.24, 2.45) is 0 Å². The number of fused-ring (bicyclic) bond motifs is 3. The van der Waals surface area contributed by atoms with Crippen molar-refractivity contribution in [1.29, 1.82) is 0 Å². The summed E-state index contributed by atoms with van der Waals surface area (Å²) in [6.07, 6.45) is 0. The predicted octanol–water partition coefficient (Wildman–Crippen LogP) is 1.53. The minimum Gasteiger partial charge on any atom is -0.771 e. The van der Waals surface area contributed by atoms with Gasteiger partial charge in [0.2, 0.25) is 13.1 Å². The zero-order valence-electron chi connectivity index (χ0n) is 8.82. The van der Waals surface area contributed by atoms with Gasteiger partial charge < -0.3 is 9.42 Å². The van der Waals surface area contributed by atoms with Crippen molar-refractivity contribution < 1.29 is 18.4 Å². The van der Waals surface area contributed by atoms with Crippen LogP contribution >= 0.6 is 30.3 Å². The third-order valence-corrected chi connectivity index (χ3v) is 6.23. The van der Waals surface area contributed by atoms with Gasteiger partial charge in [0, 0.05) is 13.2 Å². The van der Waals surface area contributed by atoms with Crippen LogP contribution in [0.5, 0.6) is 0 Å². The molecule has 0 fully saturated rings. The molecule has 1 unspecified atom stereocenters. The van der Waals surface area contributed by atoms with E-state index in [0.717, 1.165) is 14.4 Å². The molecule has 4 nitrogen and oxygen atoms in total. The summed E-state index contributed by atoms with van der Waals surface area (Å²) < 4.78 is 20.2. The van der Waals surface area contributed by atoms with Gasteiger partial charge in [-0.1, -0.05) is 34.8 Å². The van der Waals surface area contributed by atoms with E-state index in [1.165, 1.54) is 18.4 Å². The van der Waals surface area contributed by atoms with Crippen LogP contribution in [0.15, 0.2) is 29.6 Å². The van der Waals surface area contributed by atoms with Crippen LogP contribution in [0.1, 0.15) is 0 Å². The second kappa shape index (κ2) is 3.86. The molecule has 0 saturated carbocycles. The number of benzene rings is 1. The Kier molecular flexibility index (Phi) is 2.57. The van der Waals surface area contributed by atoms with Crippen molar-refractivity contribution >= 4 is 50.1 Å². The Morgan fingerprint density at radius 2 is 2.18 bits per heavy atom. The molecule has 88 valence electrons. The Balaban J connectivity index is 2.45. The summed E-state index contributed by atoms with van der Waals surface area (Å²) in [5.74, 6) is 0. The summed E-state index contributed by atoms with van der Waals surface area (Å²) in [6, 6.07) is 7.72. The van der Waals surface area contributed by atoms with Crippen LogP contribution in [-0.2, 0) is 9.09 Å². The summed E-state index contributed by atoms with van der Waals surface area (Å²) in [4.78, 5) is 11.8. The highest BCUT2D eigenvalue weighted by Crippen LogP contribution is 2.35. The summed E-state index contributed by atoms with van der Waals surface area (Å²) in [5, 5.41) is 1.62. The second-order valence-corrected chi connectivity index (χ2v) is 7.41. The maximum atomic E-state index is 11.8.